The molecule has 0 saturated carbocycles. The summed E-state index contributed by atoms with van der Waals surface area (Å²) in [5.74, 6) is -3.29. The number of carbonyl (C=O) groups is 7. The Morgan fingerprint density at radius 3 is 2.23 bits per heavy atom. The lowest BCUT2D eigenvalue weighted by Gasteiger charge is -2.41. The highest BCUT2D eigenvalue weighted by Crippen LogP contribution is 2.31. The molecule has 2 aromatic rings. The Labute approximate surface area is 395 Å². The van der Waals surface area contributed by atoms with Crippen LogP contribution in [-0.2, 0) is 49.5 Å². The number of thiazole rings is 1. The normalized spacial score (nSPS) is 18.4. The monoisotopic (exact) mass is 936 g/mol. The van der Waals surface area contributed by atoms with Crippen molar-refractivity contribution in [1.82, 2.24) is 35.6 Å². The largest absolute Gasteiger partial charge is 0.379 e. The average molecular weight is 936 g/mol. The average Bonchev–Trinajstić information content (AvgIpc) is 4.07. The van der Waals surface area contributed by atoms with E-state index in [1.807, 2.05) is 70.3 Å². The maximum atomic E-state index is 14.5. The number of hydrogen-bond acceptors (Lipinski definition) is 11. The van der Waals surface area contributed by atoms with Gasteiger partial charge < -0.3 is 35.2 Å². The number of ether oxygens (including phenoxy) is 2. The molecule has 1 saturated heterocycles. The van der Waals surface area contributed by atoms with E-state index in [2.05, 4.69) is 20.9 Å². The lowest BCUT2D eigenvalue weighted by Crippen LogP contribution is -2.62. The van der Waals surface area contributed by atoms with Gasteiger partial charge in [-0.15, -0.1) is 11.3 Å². The van der Waals surface area contributed by atoms with Crippen molar-refractivity contribution in [2.75, 3.05) is 34.4 Å². The van der Waals surface area contributed by atoms with E-state index in [0.717, 1.165) is 17.0 Å². The summed E-state index contributed by atoms with van der Waals surface area (Å²) in [5.41, 5.74) is -0.281. The van der Waals surface area contributed by atoms with Crippen LogP contribution in [0, 0.1) is 17.8 Å². The van der Waals surface area contributed by atoms with E-state index in [4.69, 9.17) is 9.47 Å². The number of likely N-dealkylation sites (N-methyl/N-ethyl adjacent to an activating group) is 1. The number of methoxy groups -OCH3 is 2. The lowest BCUT2D eigenvalue weighted by molar-refractivity contribution is -0.148. The molecule has 1 fully saturated rings. The second-order valence-electron chi connectivity index (χ2n) is 18.6. The van der Waals surface area contributed by atoms with Gasteiger partial charge in [0.15, 0.2) is 0 Å². The van der Waals surface area contributed by atoms with Crippen LogP contribution in [0.25, 0.3) is 0 Å². The van der Waals surface area contributed by atoms with E-state index >= 15 is 0 Å². The third-order valence-electron chi connectivity index (χ3n) is 13.0. The molecule has 17 heteroatoms. The quantitative estimate of drug-likeness (QED) is 0.0855. The summed E-state index contributed by atoms with van der Waals surface area (Å²) in [5, 5.41) is 11.6. The van der Waals surface area contributed by atoms with Crippen LogP contribution in [0.1, 0.15) is 116 Å². The molecule has 0 aliphatic carbocycles. The maximum absolute atomic E-state index is 14.5. The van der Waals surface area contributed by atoms with Gasteiger partial charge in [-0.3, -0.25) is 38.5 Å². The Morgan fingerprint density at radius 2 is 1.64 bits per heavy atom. The van der Waals surface area contributed by atoms with E-state index < -0.39 is 41.7 Å². The van der Waals surface area contributed by atoms with Crippen molar-refractivity contribution in [3.8, 4) is 0 Å². The molecule has 2 aliphatic rings. The molecule has 0 bridgehead atoms. The van der Waals surface area contributed by atoms with Gasteiger partial charge in [0.25, 0.3) is 11.8 Å². The fraction of sp³-hybridized carbons (Fsp3) is 0.633. The second kappa shape index (κ2) is 25.2. The van der Waals surface area contributed by atoms with Crippen LogP contribution in [0.5, 0.6) is 0 Å². The van der Waals surface area contributed by atoms with Gasteiger partial charge in [0.2, 0.25) is 29.5 Å². The third kappa shape index (κ3) is 14.3. The van der Waals surface area contributed by atoms with Crippen molar-refractivity contribution >= 4 is 52.7 Å². The fourth-order valence-corrected chi connectivity index (χ4v) is 9.66. The van der Waals surface area contributed by atoms with Gasteiger partial charge >= 0.3 is 0 Å². The van der Waals surface area contributed by atoms with Crippen molar-refractivity contribution in [3.63, 3.8) is 0 Å². The number of unbranched alkanes of at least 4 members (excludes halogenated alkanes) is 2. The molecule has 3 N–H and O–H groups in total. The summed E-state index contributed by atoms with van der Waals surface area (Å²) in [7, 11) is 4.78. The molecule has 0 radical (unpaired) electrons. The number of likely N-dealkylation sites (tertiary alicyclic amines) is 1. The molecule has 1 aromatic carbocycles. The van der Waals surface area contributed by atoms with Gasteiger partial charge in [-0.25, -0.2) is 4.98 Å². The Kier molecular flexibility index (Phi) is 20.5. The predicted molar refractivity (Wildman–Crippen MR) is 253 cm³/mol. The number of imide groups is 1. The first kappa shape index (κ1) is 53.6. The molecule has 0 spiro atoms. The van der Waals surface area contributed by atoms with E-state index in [-0.39, 0.29) is 78.7 Å². The zero-order valence-electron chi connectivity index (χ0n) is 40.5. The van der Waals surface area contributed by atoms with E-state index in [1.165, 1.54) is 35.5 Å². The first-order valence-corrected chi connectivity index (χ1v) is 24.2. The summed E-state index contributed by atoms with van der Waals surface area (Å²) in [6.07, 6.45) is 7.33. The molecule has 4 rings (SSSR count). The lowest BCUT2D eigenvalue weighted by atomic mass is 9.89. The summed E-state index contributed by atoms with van der Waals surface area (Å²) in [4.78, 5) is 102. The van der Waals surface area contributed by atoms with Gasteiger partial charge in [0.1, 0.15) is 16.6 Å². The maximum Gasteiger partial charge on any atom is 0.253 e. The van der Waals surface area contributed by atoms with Crippen molar-refractivity contribution < 1.29 is 43.0 Å². The van der Waals surface area contributed by atoms with Crippen molar-refractivity contribution in [2.45, 2.75) is 148 Å². The zero-order chi connectivity index (χ0) is 48.7. The number of hydrogen-bond donors (Lipinski definition) is 3. The SMILES string of the molecule is CC[C@H](C)[C@@H]([C@@H](CC(=O)N1CCC[C@H]1[C@H](OC)[C@@H](C)C(=O)N[C@@H](Cc1ccccc1)c1nccs1)OC)N(C)C(=O)[C@@H](NC(=O)C(C)(C)NC(=O)CCCCCN1C(=O)C=CC1=O)C(C)C. The molecule has 0 unspecified atom stereocenters. The number of aromatic nitrogens is 1. The summed E-state index contributed by atoms with van der Waals surface area (Å²) >= 11 is 1.49. The Bertz CT molecular complexity index is 1960. The number of rotatable bonds is 26. The zero-order valence-corrected chi connectivity index (χ0v) is 41.4. The van der Waals surface area contributed by atoms with Crippen LogP contribution in [0.2, 0.25) is 0 Å². The van der Waals surface area contributed by atoms with Gasteiger partial charge in [-0.2, -0.15) is 0 Å². The number of carbonyl (C=O) groups excluding carboxylic acids is 7. The van der Waals surface area contributed by atoms with Gasteiger partial charge in [0.05, 0.1) is 42.7 Å². The van der Waals surface area contributed by atoms with E-state index in [1.54, 1.807) is 44.0 Å². The smallest absolute Gasteiger partial charge is 0.253 e. The highest BCUT2D eigenvalue weighted by molar-refractivity contribution is 7.09. The van der Waals surface area contributed by atoms with Crippen molar-refractivity contribution in [3.05, 3.63) is 64.6 Å². The van der Waals surface area contributed by atoms with Gasteiger partial charge in [0, 0.05) is 64.5 Å². The van der Waals surface area contributed by atoms with E-state index in [9.17, 15) is 33.6 Å². The van der Waals surface area contributed by atoms with Crippen molar-refractivity contribution in [1.29, 1.82) is 0 Å². The molecular weight excluding hydrogens is 863 g/mol. The summed E-state index contributed by atoms with van der Waals surface area (Å²) < 4.78 is 12.1. The Balaban J connectivity index is 1.39. The second-order valence-corrected chi connectivity index (χ2v) is 19.5. The van der Waals surface area contributed by atoms with E-state index in [0.29, 0.717) is 45.1 Å². The first-order chi connectivity index (χ1) is 31.3. The molecule has 2 aliphatic heterocycles. The third-order valence-corrected chi connectivity index (χ3v) is 13.9. The topological polar surface area (TPSA) is 197 Å². The number of benzene rings is 1. The molecular formula is C49H73N7O9S. The highest BCUT2D eigenvalue weighted by atomic mass is 32.1. The molecule has 364 valence electrons. The minimum absolute atomic E-state index is 0.0245. The standard InChI is InChI=1S/C49H73N7O9S/c1-11-32(4)43(54(8)47(62)42(31(2)3)52-48(63)49(6,7)53-38(57)22-16-13-17-26-56-39(58)23-24-40(56)59)37(64-9)30-41(60)55-27-18-21-36(55)44(65-10)33(5)45(61)51-35(46-50-25-28-66-46)29-34-19-14-12-15-20-34/h12,14-15,19-20,23-25,28,31-33,35-37,42-44H,11,13,16-18,21-22,26-27,29-30H2,1-10H3,(H,51,61)(H,52,63)(H,53,57)/t32-,33+,35-,36-,37+,42-,43-,44+/m0/s1. The van der Waals surface area contributed by atoms with Crippen LogP contribution < -0.4 is 16.0 Å². The molecule has 66 heavy (non-hydrogen) atoms. The Morgan fingerprint density at radius 1 is 0.955 bits per heavy atom. The van der Waals surface area contributed by atoms with Crippen LogP contribution in [0.3, 0.4) is 0 Å². The van der Waals surface area contributed by atoms with Gasteiger partial charge in [-0.1, -0.05) is 77.8 Å². The minimum Gasteiger partial charge on any atom is -0.379 e. The molecule has 7 amide bonds. The molecule has 1 aromatic heterocycles. The van der Waals surface area contributed by atoms with Crippen molar-refractivity contribution in [2.24, 2.45) is 17.8 Å². The first-order valence-electron chi connectivity index (χ1n) is 23.4. The summed E-state index contributed by atoms with van der Waals surface area (Å²) in [6.45, 7) is 13.4. The van der Waals surface area contributed by atoms with Crippen LogP contribution in [0.15, 0.2) is 54.1 Å². The fourth-order valence-electron chi connectivity index (χ4n) is 8.97. The number of nitrogens with one attached hydrogen (secondary N) is 3. The van der Waals surface area contributed by atoms with Crippen LogP contribution in [0.4, 0.5) is 0 Å². The van der Waals surface area contributed by atoms with Crippen LogP contribution in [-0.4, -0.2) is 131 Å². The minimum atomic E-state index is -1.35. The number of amides is 7. The molecule has 3 heterocycles. The molecule has 8 atom stereocenters. The van der Waals surface area contributed by atoms with Gasteiger partial charge in [-0.05, 0) is 63.4 Å². The predicted octanol–water partition coefficient (Wildman–Crippen LogP) is 4.98. The number of nitrogens with zero attached hydrogens (tertiary/aromatic N) is 4. The summed E-state index contributed by atoms with van der Waals surface area (Å²) in [6, 6.07) is 7.73. The highest BCUT2D eigenvalue weighted by Gasteiger charge is 2.44. The molecule has 16 nitrogen and oxygen atoms in total. The van der Waals surface area contributed by atoms with Crippen LogP contribution >= 0.6 is 11.3 Å². The Hall–Kier alpha value is -5.00.